The molecule has 1 unspecified atom stereocenters. The Balaban J connectivity index is 2.23. The number of rotatable bonds is 9. The van der Waals surface area contributed by atoms with Gasteiger partial charge in [-0.25, -0.2) is 0 Å². The van der Waals surface area contributed by atoms with E-state index in [0.717, 1.165) is 19.4 Å². The number of ether oxygens (including phenoxy) is 1. The fraction of sp³-hybridized carbons (Fsp3) is 0.600. The maximum atomic E-state index is 11.9. The maximum Gasteiger partial charge on any atom is 0.411 e. The minimum Gasteiger partial charge on any atom is -0.372 e. The zero-order valence-corrected chi connectivity index (χ0v) is 11.7. The van der Waals surface area contributed by atoms with Gasteiger partial charge in [-0.2, -0.15) is 13.2 Å². The Hall–Kier alpha value is -1.07. The Bertz CT molecular complexity index is 354. The van der Waals surface area contributed by atoms with Crippen LogP contribution in [-0.4, -0.2) is 33.0 Å². The zero-order chi connectivity index (χ0) is 14.8. The number of likely N-dealkylation sites (N-methyl/N-ethyl adjacent to an activating group) is 1. The highest BCUT2D eigenvalue weighted by molar-refractivity contribution is 5.19. The highest BCUT2D eigenvalue weighted by atomic mass is 19.4. The van der Waals surface area contributed by atoms with Gasteiger partial charge in [0.1, 0.15) is 6.61 Å². The van der Waals surface area contributed by atoms with Gasteiger partial charge in [-0.1, -0.05) is 36.8 Å². The van der Waals surface area contributed by atoms with E-state index in [1.807, 2.05) is 25.2 Å². The van der Waals surface area contributed by atoms with Crippen molar-refractivity contribution in [1.29, 1.82) is 0 Å². The van der Waals surface area contributed by atoms with Gasteiger partial charge < -0.3 is 10.1 Å². The molecule has 0 amide bonds. The fourth-order valence-corrected chi connectivity index (χ4v) is 2.14. The van der Waals surface area contributed by atoms with Crippen LogP contribution in [0.2, 0.25) is 0 Å². The van der Waals surface area contributed by atoms with Crippen LogP contribution in [0.5, 0.6) is 0 Å². The van der Waals surface area contributed by atoms with Crippen molar-refractivity contribution in [1.82, 2.24) is 5.32 Å². The first-order chi connectivity index (χ1) is 9.53. The summed E-state index contributed by atoms with van der Waals surface area (Å²) in [6.45, 7) is -0.111. The molecule has 0 spiro atoms. The Kier molecular flexibility index (Phi) is 7.62. The molecule has 1 aromatic carbocycles. The predicted octanol–water partition coefficient (Wildman–Crippen LogP) is 3.74. The second-order valence-electron chi connectivity index (χ2n) is 4.83. The van der Waals surface area contributed by atoms with Crippen molar-refractivity contribution in [3.8, 4) is 0 Å². The van der Waals surface area contributed by atoms with Crippen LogP contribution in [0.3, 0.4) is 0 Å². The van der Waals surface area contributed by atoms with E-state index in [1.54, 1.807) is 0 Å². The van der Waals surface area contributed by atoms with E-state index in [0.29, 0.717) is 12.3 Å². The first kappa shape index (κ1) is 17.0. The molecule has 0 aromatic heterocycles. The molecule has 0 aliphatic heterocycles. The van der Waals surface area contributed by atoms with Crippen molar-refractivity contribution in [2.24, 2.45) is 0 Å². The van der Waals surface area contributed by atoms with Gasteiger partial charge in [-0.15, -0.1) is 0 Å². The second-order valence-corrected chi connectivity index (χ2v) is 4.83. The minimum absolute atomic E-state index is 0.167. The summed E-state index contributed by atoms with van der Waals surface area (Å²) in [7, 11) is 1.91. The predicted molar refractivity (Wildman–Crippen MR) is 73.8 cm³/mol. The first-order valence-electron chi connectivity index (χ1n) is 6.87. The fourth-order valence-electron chi connectivity index (χ4n) is 2.14. The highest BCUT2D eigenvalue weighted by Gasteiger charge is 2.27. The number of nitrogens with one attached hydrogen (secondary N) is 1. The zero-order valence-electron chi connectivity index (χ0n) is 11.7. The van der Waals surface area contributed by atoms with E-state index in [-0.39, 0.29) is 6.61 Å². The number of unbranched alkanes of at least 4 members (excludes halogenated alkanes) is 1. The lowest BCUT2D eigenvalue weighted by molar-refractivity contribution is -0.174. The van der Waals surface area contributed by atoms with Crippen molar-refractivity contribution in [2.75, 3.05) is 26.8 Å². The highest BCUT2D eigenvalue weighted by Crippen LogP contribution is 2.21. The number of benzene rings is 1. The van der Waals surface area contributed by atoms with Crippen molar-refractivity contribution in [3.63, 3.8) is 0 Å². The van der Waals surface area contributed by atoms with Gasteiger partial charge in [-0.05, 0) is 31.4 Å². The van der Waals surface area contributed by atoms with Crippen molar-refractivity contribution in [3.05, 3.63) is 35.9 Å². The lowest BCUT2D eigenvalue weighted by Crippen LogP contribution is -2.18. The molecule has 0 aliphatic rings. The molecule has 0 saturated carbocycles. The molecular formula is C15H22F3NO. The van der Waals surface area contributed by atoms with Gasteiger partial charge in [0.15, 0.2) is 0 Å². The normalized spacial score (nSPS) is 13.4. The van der Waals surface area contributed by atoms with Crippen LogP contribution in [-0.2, 0) is 4.74 Å². The van der Waals surface area contributed by atoms with Crippen LogP contribution in [0, 0.1) is 0 Å². The summed E-state index contributed by atoms with van der Waals surface area (Å²) in [6, 6.07) is 10.2. The van der Waals surface area contributed by atoms with Crippen molar-refractivity contribution >= 4 is 0 Å². The van der Waals surface area contributed by atoms with Crippen LogP contribution in [0.1, 0.15) is 30.7 Å². The minimum atomic E-state index is -4.22. The molecule has 1 atom stereocenters. The number of halogens is 3. The summed E-state index contributed by atoms with van der Waals surface area (Å²) >= 11 is 0. The Morgan fingerprint density at radius 3 is 2.45 bits per heavy atom. The third kappa shape index (κ3) is 7.50. The summed E-state index contributed by atoms with van der Waals surface area (Å²) in [4.78, 5) is 0. The summed E-state index contributed by atoms with van der Waals surface area (Å²) in [5, 5.41) is 3.16. The second kappa shape index (κ2) is 8.97. The molecule has 2 nitrogen and oxygen atoms in total. The molecule has 114 valence electrons. The van der Waals surface area contributed by atoms with Crippen molar-refractivity contribution in [2.45, 2.75) is 31.4 Å². The summed E-state index contributed by atoms with van der Waals surface area (Å²) in [5.41, 5.74) is 1.26. The van der Waals surface area contributed by atoms with Crippen LogP contribution in [0.25, 0.3) is 0 Å². The van der Waals surface area contributed by atoms with E-state index in [1.165, 1.54) is 5.56 Å². The van der Waals surface area contributed by atoms with Crippen molar-refractivity contribution < 1.29 is 17.9 Å². The summed E-state index contributed by atoms with van der Waals surface area (Å²) < 4.78 is 40.2. The largest absolute Gasteiger partial charge is 0.411 e. The molecule has 1 N–H and O–H groups in total. The maximum absolute atomic E-state index is 11.9. The molecule has 0 radical (unpaired) electrons. The van der Waals surface area contributed by atoms with E-state index in [9.17, 15) is 13.2 Å². The molecule has 0 heterocycles. The monoisotopic (exact) mass is 289 g/mol. The first-order valence-corrected chi connectivity index (χ1v) is 6.87. The number of alkyl halides is 3. The standard InChI is InChI=1S/C15H22F3NO/c1-19-11-14(13-7-3-2-4-8-13)9-5-6-10-20-12-15(16,17)18/h2-4,7-8,14,19H,5-6,9-12H2,1H3. The average molecular weight is 289 g/mol. The van der Waals surface area contributed by atoms with Crippen LogP contribution >= 0.6 is 0 Å². The Morgan fingerprint density at radius 2 is 1.85 bits per heavy atom. The van der Waals surface area contributed by atoms with Gasteiger partial charge >= 0.3 is 6.18 Å². The molecular weight excluding hydrogens is 267 g/mol. The van der Waals surface area contributed by atoms with E-state index in [2.05, 4.69) is 22.2 Å². The van der Waals surface area contributed by atoms with E-state index >= 15 is 0 Å². The van der Waals surface area contributed by atoms with Gasteiger partial charge in [0.25, 0.3) is 0 Å². The lowest BCUT2D eigenvalue weighted by atomic mass is 9.93. The topological polar surface area (TPSA) is 21.3 Å². The quantitative estimate of drug-likeness (QED) is 0.699. The Labute approximate surface area is 118 Å². The van der Waals surface area contributed by atoms with Gasteiger partial charge in [0, 0.05) is 13.2 Å². The van der Waals surface area contributed by atoms with Crippen LogP contribution in [0.4, 0.5) is 13.2 Å². The van der Waals surface area contributed by atoms with Gasteiger partial charge in [0.05, 0.1) is 0 Å². The average Bonchev–Trinajstić information content (AvgIpc) is 2.41. The van der Waals surface area contributed by atoms with E-state index in [4.69, 9.17) is 0 Å². The lowest BCUT2D eigenvalue weighted by Gasteiger charge is -2.17. The van der Waals surface area contributed by atoms with Gasteiger partial charge in [0.2, 0.25) is 0 Å². The molecule has 0 bridgehead atoms. The smallest absolute Gasteiger partial charge is 0.372 e. The Morgan fingerprint density at radius 1 is 1.15 bits per heavy atom. The summed E-state index contributed by atoms with van der Waals surface area (Å²) in [6.07, 6.45) is -1.76. The molecule has 0 saturated heterocycles. The number of hydrogen-bond acceptors (Lipinski definition) is 2. The molecule has 0 fully saturated rings. The third-order valence-electron chi connectivity index (χ3n) is 3.08. The molecule has 1 rings (SSSR count). The molecule has 5 heteroatoms. The SMILES string of the molecule is CNCC(CCCCOCC(F)(F)F)c1ccccc1. The molecule has 1 aromatic rings. The van der Waals surface area contributed by atoms with E-state index < -0.39 is 12.8 Å². The molecule has 20 heavy (non-hydrogen) atoms. The van der Waals surface area contributed by atoms with Crippen LogP contribution in [0.15, 0.2) is 30.3 Å². The van der Waals surface area contributed by atoms with Gasteiger partial charge in [-0.3, -0.25) is 0 Å². The van der Waals surface area contributed by atoms with Crippen LogP contribution < -0.4 is 5.32 Å². The third-order valence-corrected chi connectivity index (χ3v) is 3.08. The number of hydrogen-bond donors (Lipinski definition) is 1. The molecule has 0 aliphatic carbocycles. The summed E-state index contributed by atoms with van der Waals surface area (Å²) in [5.74, 6) is 0.392.